The lowest BCUT2D eigenvalue weighted by atomic mass is 10.0. The van der Waals surface area contributed by atoms with Gasteiger partial charge >= 0.3 is 0 Å². The molecule has 2 aromatic rings. The fourth-order valence-corrected chi connectivity index (χ4v) is 3.55. The topological polar surface area (TPSA) is 48.0 Å². The first-order valence-corrected chi connectivity index (χ1v) is 9.29. The molecule has 144 valence electrons. The van der Waals surface area contributed by atoms with Crippen molar-refractivity contribution in [1.82, 2.24) is 4.90 Å². The maximum Gasteiger partial charge on any atom is 0.263 e. The highest BCUT2D eigenvalue weighted by Gasteiger charge is 2.34. The first-order chi connectivity index (χ1) is 13.0. The SMILES string of the molecule is COc1ccc(C2CCCN2C(=O)C(C)Oc2ccc(C)cc2)c(OC)c1. The average molecular weight is 369 g/mol. The molecule has 1 heterocycles. The Labute approximate surface area is 160 Å². The summed E-state index contributed by atoms with van der Waals surface area (Å²) in [5.74, 6) is 2.18. The molecule has 27 heavy (non-hydrogen) atoms. The van der Waals surface area contributed by atoms with Crippen LogP contribution < -0.4 is 14.2 Å². The standard InChI is InChI=1S/C22H27NO4/c1-15-7-9-17(10-8-15)27-16(2)22(24)23-13-5-6-20(23)19-12-11-18(25-3)14-21(19)26-4/h7-12,14,16,20H,5-6,13H2,1-4H3. The van der Waals surface area contributed by atoms with Crippen molar-refractivity contribution < 1.29 is 19.0 Å². The van der Waals surface area contributed by atoms with Crippen LogP contribution in [0.1, 0.15) is 36.9 Å². The molecule has 5 nitrogen and oxygen atoms in total. The third-order valence-electron chi connectivity index (χ3n) is 5.02. The molecular formula is C22H27NO4. The number of aryl methyl sites for hydroxylation is 1. The van der Waals surface area contributed by atoms with Crippen LogP contribution in [0, 0.1) is 6.92 Å². The quantitative estimate of drug-likeness (QED) is 0.768. The van der Waals surface area contributed by atoms with Crippen LogP contribution in [0.2, 0.25) is 0 Å². The number of rotatable bonds is 6. The van der Waals surface area contributed by atoms with Crippen molar-refractivity contribution >= 4 is 5.91 Å². The zero-order chi connectivity index (χ0) is 19.4. The summed E-state index contributed by atoms with van der Waals surface area (Å²) in [6.07, 6.45) is 1.33. The van der Waals surface area contributed by atoms with Crippen LogP contribution in [-0.4, -0.2) is 37.7 Å². The zero-order valence-electron chi connectivity index (χ0n) is 16.4. The van der Waals surface area contributed by atoms with Crippen molar-refractivity contribution in [3.8, 4) is 17.2 Å². The van der Waals surface area contributed by atoms with Crippen molar-refractivity contribution in [3.63, 3.8) is 0 Å². The minimum Gasteiger partial charge on any atom is -0.497 e. The van der Waals surface area contributed by atoms with E-state index in [0.29, 0.717) is 5.75 Å². The van der Waals surface area contributed by atoms with Gasteiger partial charge < -0.3 is 19.1 Å². The maximum atomic E-state index is 13.1. The second kappa shape index (κ2) is 8.33. The molecule has 1 saturated heterocycles. The number of nitrogens with zero attached hydrogens (tertiary/aromatic N) is 1. The van der Waals surface area contributed by atoms with Gasteiger partial charge in [0.05, 0.1) is 20.3 Å². The van der Waals surface area contributed by atoms with Gasteiger partial charge in [0.1, 0.15) is 17.2 Å². The van der Waals surface area contributed by atoms with Crippen LogP contribution in [0.5, 0.6) is 17.2 Å². The molecule has 2 aromatic carbocycles. The van der Waals surface area contributed by atoms with Crippen molar-refractivity contribution in [2.75, 3.05) is 20.8 Å². The summed E-state index contributed by atoms with van der Waals surface area (Å²) in [5, 5.41) is 0. The van der Waals surface area contributed by atoms with E-state index >= 15 is 0 Å². The van der Waals surface area contributed by atoms with Crippen LogP contribution in [0.4, 0.5) is 0 Å². The number of carbonyl (C=O) groups excluding carboxylic acids is 1. The predicted molar refractivity (Wildman–Crippen MR) is 105 cm³/mol. The van der Waals surface area contributed by atoms with E-state index in [2.05, 4.69) is 0 Å². The number of benzene rings is 2. The second-order valence-electron chi connectivity index (χ2n) is 6.87. The minimum atomic E-state index is -0.544. The van der Waals surface area contributed by atoms with Crippen molar-refractivity contribution in [2.45, 2.75) is 38.8 Å². The van der Waals surface area contributed by atoms with Gasteiger partial charge in [0, 0.05) is 18.2 Å². The lowest BCUT2D eigenvalue weighted by molar-refractivity contribution is -0.138. The van der Waals surface area contributed by atoms with Gasteiger partial charge in [-0.2, -0.15) is 0 Å². The number of hydrogen-bond acceptors (Lipinski definition) is 4. The summed E-state index contributed by atoms with van der Waals surface area (Å²) in [6.45, 7) is 4.55. The molecule has 1 aliphatic heterocycles. The number of hydrogen-bond donors (Lipinski definition) is 0. The highest BCUT2D eigenvalue weighted by atomic mass is 16.5. The third-order valence-corrected chi connectivity index (χ3v) is 5.02. The lowest BCUT2D eigenvalue weighted by Crippen LogP contribution is -2.40. The van der Waals surface area contributed by atoms with E-state index in [1.807, 2.05) is 61.2 Å². The molecule has 0 N–H and O–H groups in total. The van der Waals surface area contributed by atoms with Gasteiger partial charge in [-0.3, -0.25) is 4.79 Å². The smallest absolute Gasteiger partial charge is 0.263 e. The Morgan fingerprint density at radius 2 is 1.78 bits per heavy atom. The monoisotopic (exact) mass is 369 g/mol. The summed E-state index contributed by atoms with van der Waals surface area (Å²) in [4.78, 5) is 15.0. The molecule has 1 fully saturated rings. The normalized spacial score (nSPS) is 17.5. The number of ether oxygens (including phenoxy) is 3. The second-order valence-corrected chi connectivity index (χ2v) is 6.87. The van der Waals surface area contributed by atoms with Crippen LogP contribution in [0.25, 0.3) is 0 Å². The predicted octanol–water partition coefficient (Wildman–Crippen LogP) is 4.14. The van der Waals surface area contributed by atoms with Crippen LogP contribution in [0.3, 0.4) is 0 Å². The molecule has 0 aromatic heterocycles. The summed E-state index contributed by atoms with van der Waals surface area (Å²) in [5.41, 5.74) is 2.17. The molecule has 5 heteroatoms. The van der Waals surface area contributed by atoms with Crippen molar-refractivity contribution in [2.24, 2.45) is 0 Å². The summed E-state index contributed by atoms with van der Waals surface area (Å²) < 4.78 is 16.7. The van der Waals surface area contributed by atoms with E-state index in [4.69, 9.17) is 14.2 Å². The van der Waals surface area contributed by atoms with E-state index in [1.54, 1.807) is 14.2 Å². The van der Waals surface area contributed by atoms with Crippen LogP contribution >= 0.6 is 0 Å². The molecular weight excluding hydrogens is 342 g/mol. The van der Waals surface area contributed by atoms with Crippen molar-refractivity contribution in [3.05, 3.63) is 53.6 Å². The van der Waals surface area contributed by atoms with Gasteiger partial charge in [-0.25, -0.2) is 0 Å². The Hall–Kier alpha value is -2.69. The minimum absolute atomic E-state index is 0.00375. The summed E-state index contributed by atoms with van der Waals surface area (Å²) >= 11 is 0. The molecule has 2 atom stereocenters. The lowest BCUT2D eigenvalue weighted by Gasteiger charge is -2.29. The van der Waals surface area contributed by atoms with Gasteiger partial charge in [0.15, 0.2) is 6.10 Å². The largest absolute Gasteiger partial charge is 0.497 e. The highest BCUT2D eigenvalue weighted by Crippen LogP contribution is 2.39. The summed E-state index contributed by atoms with van der Waals surface area (Å²) in [7, 11) is 3.27. The first kappa shape index (κ1) is 19.1. The molecule has 3 rings (SSSR count). The van der Waals surface area contributed by atoms with Crippen LogP contribution in [0.15, 0.2) is 42.5 Å². The first-order valence-electron chi connectivity index (χ1n) is 9.29. The maximum absolute atomic E-state index is 13.1. The number of likely N-dealkylation sites (tertiary alicyclic amines) is 1. The van der Waals surface area contributed by atoms with Gasteiger partial charge in [-0.1, -0.05) is 17.7 Å². The van der Waals surface area contributed by atoms with E-state index in [9.17, 15) is 4.79 Å². The van der Waals surface area contributed by atoms with E-state index in [0.717, 1.165) is 42.0 Å². The summed E-state index contributed by atoms with van der Waals surface area (Å²) in [6, 6.07) is 13.5. The molecule has 0 spiro atoms. The molecule has 0 aliphatic carbocycles. The molecule has 0 bridgehead atoms. The molecule has 0 radical (unpaired) electrons. The Morgan fingerprint density at radius 3 is 2.44 bits per heavy atom. The zero-order valence-corrected chi connectivity index (χ0v) is 16.4. The fourth-order valence-electron chi connectivity index (χ4n) is 3.55. The van der Waals surface area contributed by atoms with Crippen molar-refractivity contribution in [1.29, 1.82) is 0 Å². The number of carbonyl (C=O) groups is 1. The van der Waals surface area contributed by atoms with Gasteiger partial charge in [-0.15, -0.1) is 0 Å². The van der Waals surface area contributed by atoms with Gasteiger partial charge in [-0.05, 0) is 51.0 Å². The Bertz CT molecular complexity index is 787. The Morgan fingerprint density at radius 1 is 1.07 bits per heavy atom. The fraction of sp³-hybridized carbons (Fsp3) is 0.409. The van der Waals surface area contributed by atoms with Gasteiger partial charge in [0.25, 0.3) is 5.91 Å². The van der Waals surface area contributed by atoms with Crippen LogP contribution in [-0.2, 0) is 4.79 Å². The molecule has 2 unspecified atom stereocenters. The van der Waals surface area contributed by atoms with Gasteiger partial charge in [0.2, 0.25) is 0 Å². The molecule has 1 amide bonds. The number of methoxy groups -OCH3 is 2. The highest BCUT2D eigenvalue weighted by molar-refractivity contribution is 5.81. The number of amides is 1. The average Bonchev–Trinajstić information content (AvgIpc) is 3.18. The van der Waals surface area contributed by atoms with E-state index < -0.39 is 6.10 Å². The Balaban J connectivity index is 1.77. The Kier molecular flexibility index (Phi) is 5.89. The van der Waals surface area contributed by atoms with E-state index in [-0.39, 0.29) is 11.9 Å². The molecule has 1 aliphatic rings. The van der Waals surface area contributed by atoms with E-state index in [1.165, 1.54) is 0 Å². The molecule has 0 saturated carbocycles. The third kappa shape index (κ3) is 4.18.